The van der Waals surface area contributed by atoms with Crippen LogP contribution in [0, 0.1) is 0 Å². The van der Waals surface area contributed by atoms with Crippen LogP contribution in [-0.4, -0.2) is 32.2 Å². The van der Waals surface area contributed by atoms with E-state index in [9.17, 15) is 0 Å². The Morgan fingerprint density at radius 3 is 2.82 bits per heavy atom. The van der Waals surface area contributed by atoms with Crippen molar-refractivity contribution in [3.05, 3.63) is 34.9 Å². The monoisotopic (exact) mass is 252 g/mol. The molecule has 2 heterocycles. The number of nitrogens with zero attached hydrogens (tertiary/aromatic N) is 5. The van der Waals surface area contributed by atoms with Crippen LogP contribution in [0.1, 0.15) is 17.6 Å². The average Bonchev–Trinajstić information content (AvgIpc) is 2.73. The zero-order valence-electron chi connectivity index (χ0n) is 9.63. The zero-order chi connectivity index (χ0) is 12.3. The first kappa shape index (κ1) is 11.9. The summed E-state index contributed by atoms with van der Waals surface area (Å²) in [5.74, 6) is 0.684. The molecule has 2 aromatic heterocycles. The SMILES string of the molecule is CNC(Cc1nnn(C)n1)c1ccc(Cl)cn1. The van der Waals surface area contributed by atoms with Crippen molar-refractivity contribution in [1.82, 2.24) is 30.5 Å². The van der Waals surface area contributed by atoms with Gasteiger partial charge in [-0.2, -0.15) is 4.80 Å². The molecule has 1 unspecified atom stereocenters. The highest BCUT2D eigenvalue weighted by Gasteiger charge is 2.14. The van der Waals surface area contributed by atoms with E-state index in [2.05, 4.69) is 25.7 Å². The van der Waals surface area contributed by atoms with Crippen LogP contribution in [0.4, 0.5) is 0 Å². The maximum atomic E-state index is 5.80. The summed E-state index contributed by atoms with van der Waals surface area (Å²) < 4.78 is 0. The molecular weight excluding hydrogens is 240 g/mol. The molecule has 1 atom stereocenters. The maximum Gasteiger partial charge on any atom is 0.176 e. The summed E-state index contributed by atoms with van der Waals surface area (Å²) in [6.45, 7) is 0. The lowest BCUT2D eigenvalue weighted by Crippen LogP contribution is -2.20. The van der Waals surface area contributed by atoms with Gasteiger partial charge in [0.1, 0.15) is 0 Å². The standard InChI is InChI=1S/C10H13ClN6/c1-12-9(5-10-14-16-17(2)15-10)8-4-3-7(11)6-13-8/h3-4,6,9,12H,5H2,1-2H3. The van der Waals surface area contributed by atoms with Crippen molar-refractivity contribution >= 4 is 11.6 Å². The molecule has 7 heteroatoms. The van der Waals surface area contributed by atoms with Gasteiger partial charge in [0, 0.05) is 12.6 Å². The number of likely N-dealkylation sites (N-methyl/N-ethyl adjacent to an activating group) is 1. The van der Waals surface area contributed by atoms with Crippen LogP contribution in [0.25, 0.3) is 0 Å². The minimum Gasteiger partial charge on any atom is -0.311 e. The van der Waals surface area contributed by atoms with Crippen molar-refractivity contribution in [3.63, 3.8) is 0 Å². The largest absolute Gasteiger partial charge is 0.311 e. The van der Waals surface area contributed by atoms with Gasteiger partial charge >= 0.3 is 0 Å². The highest BCUT2D eigenvalue weighted by atomic mass is 35.5. The Labute approximate surface area is 104 Å². The summed E-state index contributed by atoms with van der Waals surface area (Å²) in [5.41, 5.74) is 0.907. The van der Waals surface area contributed by atoms with Gasteiger partial charge in [-0.15, -0.1) is 10.2 Å². The molecule has 6 nitrogen and oxygen atoms in total. The number of hydrogen-bond acceptors (Lipinski definition) is 5. The Morgan fingerprint density at radius 2 is 2.29 bits per heavy atom. The molecule has 0 aromatic carbocycles. The number of pyridine rings is 1. The van der Waals surface area contributed by atoms with Crippen molar-refractivity contribution in [1.29, 1.82) is 0 Å². The lowest BCUT2D eigenvalue weighted by atomic mass is 10.1. The Kier molecular flexibility index (Phi) is 3.65. The van der Waals surface area contributed by atoms with E-state index in [0.29, 0.717) is 17.3 Å². The third-order valence-corrected chi connectivity index (χ3v) is 2.62. The number of aromatic nitrogens is 5. The smallest absolute Gasteiger partial charge is 0.176 e. The number of hydrogen-bond donors (Lipinski definition) is 1. The quantitative estimate of drug-likeness (QED) is 0.870. The second-order valence-corrected chi connectivity index (χ2v) is 4.08. The minimum absolute atomic E-state index is 0.0523. The molecule has 0 aliphatic carbocycles. The number of tetrazole rings is 1. The fourth-order valence-corrected chi connectivity index (χ4v) is 1.65. The van der Waals surface area contributed by atoms with Crippen molar-refractivity contribution in [2.45, 2.75) is 12.5 Å². The van der Waals surface area contributed by atoms with Gasteiger partial charge in [0.15, 0.2) is 5.82 Å². The second kappa shape index (κ2) is 5.20. The minimum atomic E-state index is 0.0523. The van der Waals surface area contributed by atoms with E-state index < -0.39 is 0 Å². The van der Waals surface area contributed by atoms with E-state index in [1.54, 1.807) is 13.2 Å². The Hall–Kier alpha value is -1.53. The van der Waals surface area contributed by atoms with Gasteiger partial charge in [0.25, 0.3) is 0 Å². The number of rotatable bonds is 4. The van der Waals surface area contributed by atoms with Crippen molar-refractivity contribution in [3.8, 4) is 0 Å². The first-order valence-electron chi connectivity index (χ1n) is 5.20. The highest BCUT2D eigenvalue weighted by Crippen LogP contribution is 2.15. The van der Waals surface area contributed by atoms with Gasteiger partial charge in [-0.25, -0.2) is 0 Å². The van der Waals surface area contributed by atoms with E-state index in [1.165, 1.54) is 4.80 Å². The van der Waals surface area contributed by atoms with Gasteiger partial charge in [-0.3, -0.25) is 4.98 Å². The zero-order valence-corrected chi connectivity index (χ0v) is 10.4. The Balaban J connectivity index is 2.13. The van der Waals surface area contributed by atoms with Gasteiger partial charge < -0.3 is 5.32 Å². The molecule has 0 aliphatic rings. The first-order chi connectivity index (χ1) is 8.19. The number of halogens is 1. The molecule has 0 fully saturated rings. The van der Waals surface area contributed by atoms with Crippen LogP contribution in [0.15, 0.2) is 18.3 Å². The highest BCUT2D eigenvalue weighted by molar-refractivity contribution is 6.30. The predicted molar refractivity (Wildman–Crippen MR) is 63.5 cm³/mol. The molecule has 0 saturated carbocycles. The summed E-state index contributed by atoms with van der Waals surface area (Å²) in [5, 5.41) is 15.7. The molecule has 0 saturated heterocycles. The van der Waals surface area contributed by atoms with E-state index >= 15 is 0 Å². The molecule has 17 heavy (non-hydrogen) atoms. The molecular formula is C10H13ClN6. The fraction of sp³-hybridized carbons (Fsp3) is 0.400. The van der Waals surface area contributed by atoms with Crippen LogP contribution in [-0.2, 0) is 13.5 Å². The molecule has 0 amide bonds. The normalized spacial score (nSPS) is 12.6. The van der Waals surface area contributed by atoms with Crippen molar-refractivity contribution in [2.24, 2.45) is 7.05 Å². The van der Waals surface area contributed by atoms with Crippen LogP contribution < -0.4 is 5.32 Å². The van der Waals surface area contributed by atoms with Crippen LogP contribution >= 0.6 is 11.6 Å². The van der Waals surface area contributed by atoms with Gasteiger partial charge in [-0.05, 0) is 24.4 Å². The summed E-state index contributed by atoms with van der Waals surface area (Å²) in [7, 11) is 3.61. The summed E-state index contributed by atoms with van der Waals surface area (Å²) >= 11 is 5.80. The molecule has 2 rings (SSSR count). The predicted octanol–water partition coefficient (Wildman–Crippen LogP) is 0.762. The second-order valence-electron chi connectivity index (χ2n) is 3.64. The van der Waals surface area contributed by atoms with E-state index in [4.69, 9.17) is 11.6 Å². The van der Waals surface area contributed by atoms with E-state index in [0.717, 1.165) is 5.69 Å². The van der Waals surface area contributed by atoms with Gasteiger partial charge in [0.05, 0.1) is 23.8 Å². The summed E-state index contributed by atoms with van der Waals surface area (Å²) in [6, 6.07) is 3.76. The first-order valence-corrected chi connectivity index (χ1v) is 5.58. The summed E-state index contributed by atoms with van der Waals surface area (Å²) in [4.78, 5) is 5.72. The molecule has 2 aromatic rings. The van der Waals surface area contributed by atoms with Crippen LogP contribution in [0.2, 0.25) is 5.02 Å². The van der Waals surface area contributed by atoms with Gasteiger partial charge in [0.2, 0.25) is 0 Å². The van der Waals surface area contributed by atoms with Crippen LogP contribution in [0.5, 0.6) is 0 Å². The van der Waals surface area contributed by atoms with E-state index in [-0.39, 0.29) is 6.04 Å². The lowest BCUT2D eigenvalue weighted by molar-refractivity contribution is 0.557. The number of aryl methyl sites for hydroxylation is 1. The Bertz CT molecular complexity index is 480. The summed E-state index contributed by atoms with van der Waals surface area (Å²) in [6.07, 6.45) is 2.27. The third kappa shape index (κ3) is 2.98. The molecule has 1 N–H and O–H groups in total. The molecule has 0 spiro atoms. The number of nitrogens with one attached hydrogen (secondary N) is 1. The maximum absolute atomic E-state index is 5.80. The van der Waals surface area contributed by atoms with Crippen LogP contribution in [0.3, 0.4) is 0 Å². The molecule has 0 radical (unpaired) electrons. The average molecular weight is 253 g/mol. The van der Waals surface area contributed by atoms with Crippen molar-refractivity contribution < 1.29 is 0 Å². The lowest BCUT2D eigenvalue weighted by Gasteiger charge is -2.13. The topological polar surface area (TPSA) is 68.5 Å². The molecule has 0 bridgehead atoms. The molecule has 90 valence electrons. The third-order valence-electron chi connectivity index (χ3n) is 2.39. The Morgan fingerprint density at radius 1 is 1.47 bits per heavy atom. The fourth-order valence-electron chi connectivity index (χ4n) is 1.54. The van der Waals surface area contributed by atoms with Crippen molar-refractivity contribution in [2.75, 3.05) is 7.05 Å². The van der Waals surface area contributed by atoms with Gasteiger partial charge in [-0.1, -0.05) is 11.6 Å². The van der Waals surface area contributed by atoms with E-state index in [1.807, 2.05) is 19.2 Å². The molecule has 0 aliphatic heterocycles.